The summed E-state index contributed by atoms with van der Waals surface area (Å²) in [7, 11) is 0. The van der Waals surface area contributed by atoms with Crippen LogP contribution in [0.2, 0.25) is 5.02 Å². The number of rotatable bonds is 0. The summed E-state index contributed by atoms with van der Waals surface area (Å²) in [5.41, 5.74) is -0.247. The Balaban J connectivity index is 2.95. The number of nitrogens with zero attached hydrogens (tertiary/aromatic N) is 1. The number of aromatic amines is 1. The maximum atomic E-state index is 11.5. The summed E-state index contributed by atoms with van der Waals surface area (Å²) >= 11 is 5.75. The second-order valence-corrected chi connectivity index (χ2v) is 3.10. The quantitative estimate of drug-likeness (QED) is 0.695. The lowest BCUT2D eigenvalue weighted by molar-refractivity contribution is 0.192. The van der Waals surface area contributed by atoms with Crippen molar-refractivity contribution in [1.82, 2.24) is 9.78 Å². The summed E-state index contributed by atoms with van der Waals surface area (Å²) in [5.74, 6) is 0. The highest BCUT2D eigenvalue weighted by atomic mass is 35.5. The molecule has 1 heterocycles. The molecule has 0 fully saturated rings. The van der Waals surface area contributed by atoms with Crippen LogP contribution < -0.4 is 5.56 Å². The van der Waals surface area contributed by atoms with Crippen molar-refractivity contribution in [3.05, 3.63) is 33.6 Å². The van der Waals surface area contributed by atoms with Crippen LogP contribution in [0.4, 0.5) is 4.79 Å². The van der Waals surface area contributed by atoms with E-state index in [1.165, 1.54) is 6.07 Å². The second-order valence-electron chi connectivity index (χ2n) is 2.70. The first-order valence-electron chi connectivity index (χ1n) is 3.74. The Bertz CT molecular complexity index is 569. The molecule has 0 saturated heterocycles. The van der Waals surface area contributed by atoms with E-state index in [9.17, 15) is 9.59 Å². The number of hydrogen-bond donors (Lipinski definition) is 2. The van der Waals surface area contributed by atoms with Crippen LogP contribution in [0.15, 0.2) is 23.0 Å². The van der Waals surface area contributed by atoms with Crippen molar-refractivity contribution in [2.24, 2.45) is 0 Å². The molecule has 0 aliphatic rings. The minimum Gasteiger partial charge on any atom is -0.463 e. The first kappa shape index (κ1) is 8.83. The highest BCUT2D eigenvalue weighted by molar-refractivity contribution is 6.35. The lowest BCUT2D eigenvalue weighted by atomic mass is 10.2. The maximum absolute atomic E-state index is 11.5. The molecule has 2 N–H and O–H groups in total. The lowest BCUT2D eigenvalue weighted by Crippen LogP contribution is -2.23. The van der Waals surface area contributed by atoms with E-state index < -0.39 is 11.7 Å². The largest absolute Gasteiger partial charge is 0.463 e. The van der Waals surface area contributed by atoms with E-state index in [1.54, 1.807) is 12.1 Å². The van der Waals surface area contributed by atoms with Gasteiger partial charge >= 0.3 is 6.09 Å². The number of hydrogen-bond acceptors (Lipinski definition) is 2. The number of aromatic nitrogens is 2. The molecule has 0 radical (unpaired) electrons. The molecule has 1 aromatic heterocycles. The van der Waals surface area contributed by atoms with E-state index in [2.05, 4.69) is 5.10 Å². The number of halogens is 1. The van der Waals surface area contributed by atoms with Gasteiger partial charge in [0.25, 0.3) is 5.56 Å². The van der Waals surface area contributed by atoms with Crippen LogP contribution in [-0.2, 0) is 0 Å². The Morgan fingerprint density at radius 3 is 2.79 bits per heavy atom. The van der Waals surface area contributed by atoms with Gasteiger partial charge in [-0.15, -0.1) is 4.68 Å². The van der Waals surface area contributed by atoms with E-state index >= 15 is 0 Å². The highest BCUT2D eigenvalue weighted by Gasteiger charge is 2.13. The number of carboxylic acid groups (broad SMARTS) is 1. The molecule has 72 valence electrons. The minimum absolute atomic E-state index is 0.191. The number of nitrogens with one attached hydrogen (secondary N) is 1. The van der Waals surface area contributed by atoms with E-state index in [4.69, 9.17) is 16.7 Å². The number of H-pyrrole nitrogens is 1. The molecule has 0 atom stereocenters. The maximum Gasteiger partial charge on any atom is 0.433 e. The van der Waals surface area contributed by atoms with E-state index in [-0.39, 0.29) is 10.4 Å². The predicted octanol–water partition coefficient (Wildman–Crippen LogP) is 1.51. The van der Waals surface area contributed by atoms with E-state index in [0.717, 1.165) is 0 Å². The van der Waals surface area contributed by atoms with Crippen molar-refractivity contribution in [2.45, 2.75) is 0 Å². The van der Waals surface area contributed by atoms with Crippen molar-refractivity contribution in [3.63, 3.8) is 0 Å². The van der Waals surface area contributed by atoms with Crippen molar-refractivity contribution in [1.29, 1.82) is 0 Å². The molecular formula is C8H5ClN2O3. The lowest BCUT2D eigenvalue weighted by Gasteiger charge is -1.88. The standard InChI is InChI=1S/C8H5ClN2O3/c9-4-2-1-3-5-6(4)7(12)11(10-5)8(13)14/h1-3,10H,(H,13,14). The topological polar surface area (TPSA) is 75.1 Å². The Hall–Kier alpha value is -1.75. The molecule has 0 amide bonds. The molecule has 14 heavy (non-hydrogen) atoms. The Kier molecular flexibility index (Phi) is 1.82. The molecule has 1 aromatic carbocycles. The first-order valence-corrected chi connectivity index (χ1v) is 4.11. The molecule has 0 spiro atoms. The number of carbonyl (C=O) groups is 1. The SMILES string of the molecule is O=C(O)n1[nH]c2cccc(Cl)c2c1=O. The Labute approximate surface area is 82.5 Å². The van der Waals surface area contributed by atoms with Crippen LogP contribution in [-0.4, -0.2) is 21.0 Å². The van der Waals surface area contributed by atoms with Gasteiger partial charge in [0.2, 0.25) is 0 Å². The van der Waals surface area contributed by atoms with Gasteiger partial charge in [-0.1, -0.05) is 17.7 Å². The normalized spacial score (nSPS) is 10.6. The molecule has 0 unspecified atom stereocenters. The van der Waals surface area contributed by atoms with E-state index in [1.807, 2.05) is 0 Å². The third kappa shape index (κ3) is 1.10. The third-order valence-electron chi connectivity index (χ3n) is 1.85. The first-order chi connectivity index (χ1) is 6.61. The molecule has 5 nitrogen and oxygen atoms in total. The van der Waals surface area contributed by atoms with Crippen LogP contribution >= 0.6 is 11.6 Å². The van der Waals surface area contributed by atoms with Gasteiger partial charge in [-0.3, -0.25) is 9.89 Å². The molecule has 0 aliphatic heterocycles. The third-order valence-corrected chi connectivity index (χ3v) is 2.17. The zero-order valence-corrected chi connectivity index (χ0v) is 7.58. The molecule has 2 aromatic rings. The van der Waals surface area contributed by atoms with Crippen molar-refractivity contribution >= 4 is 28.6 Å². The Morgan fingerprint density at radius 2 is 2.21 bits per heavy atom. The van der Waals surface area contributed by atoms with Crippen molar-refractivity contribution in [3.8, 4) is 0 Å². The van der Waals surface area contributed by atoms with Gasteiger partial charge in [-0.05, 0) is 12.1 Å². The van der Waals surface area contributed by atoms with E-state index in [0.29, 0.717) is 10.2 Å². The van der Waals surface area contributed by atoms with Gasteiger partial charge in [0, 0.05) is 0 Å². The van der Waals surface area contributed by atoms with Gasteiger partial charge < -0.3 is 5.11 Å². The summed E-state index contributed by atoms with van der Waals surface area (Å²) in [6, 6.07) is 4.75. The summed E-state index contributed by atoms with van der Waals surface area (Å²) in [6.45, 7) is 0. The zero-order valence-electron chi connectivity index (χ0n) is 6.82. The highest BCUT2D eigenvalue weighted by Crippen LogP contribution is 2.17. The summed E-state index contributed by atoms with van der Waals surface area (Å²) in [5, 5.41) is 11.5. The average molecular weight is 213 g/mol. The van der Waals surface area contributed by atoms with Crippen LogP contribution in [0.3, 0.4) is 0 Å². The monoisotopic (exact) mass is 212 g/mol. The molecular weight excluding hydrogens is 208 g/mol. The predicted molar refractivity (Wildman–Crippen MR) is 51.0 cm³/mol. The zero-order chi connectivity index (χ0) is 10.3. The summed E-state index contributed by atoms with van der Waals surface area (Å²) in [6.07, 6.45) is -1.36. The number of benzene rings is 1. The van der Waals surface area contributed by atoms with Crippen molar-refractivity contribution in [2.75, 3.05) is 0 Å². The second kappa shape index (κ2) is 2.88. The van der Waals surface area contributed by atoms with Gasteiger partial charge in [0.15, 0.2) is 0 Å². The molecule has 6 heteroatoms. The van der Waals surface area contributed by atoms with Gasteiger partial charge in [0.05, 0.1) is 15.9 Å². The van der Waals surface area contributed by atoms with Gasteiger partial charge in [-0.2, -0.15) is 0 Å². The molecule has 2 rings (SSSR count). The molecule has 0 saturated carbocycles. The van der Waals surface area contributed by atoms with Crippen LogP contribution in [0.25, 0.3) is 10.9 Å². The fourth-order valence-corrected chi connectivity index (χ4v) is 1.51. The van der Waals surface area contributed by atoms with Crippen molar-refractivity contribution < 1.29 is 9.90 Å². The van der Waals surface area contributed by atoms with Gasteiger partial charge in [0.1, 0.15) is 0 Å². The fraction of sp³-hybridized carbons (Fsp3) is 0. The van der Waals surface area contributed by atoms with Crippen LogP contribution in [0.5, 0.6) is 0 Å². The van der Waals surface area contributed by atoms with Crippen LogP contribution in [0, 0.1) is 0 Å². The molecule has 0 aliphatic carbocycles. The minimum atomic E-state index is -1.36. The summed E-state index contributed by atoms with van der Waals surface area (Å²) in [4.78, 5) is 22.0. The van der Waals surface area contributed by atoms with Crippen LogP contribution in [0.1, 0.15) is 0 Å². The Morgan fingerprint density at radius 1 is 1.50 bits per heavy atom. The number of fused-ring (bicyclic) bond motifs is 1. The average Bonchev–Trinajstić information content (AvgIpc) is 2.45. The fourth-order valence-electron chi connectivity index (χ4n) is 1.25. The van der Waals surface area contributed by atoms with Gasteiger partial charge in [-0.25, -0.2) is 4.79 Å². The molecule has 0 bridgehead atoms. The smallest absolute Gasteiger partial charge is 0.433 e. The summed E-state index contributed by atoms with van der Waals surface area (Å²) < 4.78 is 0.497.